The molecule has 3 aliphatic rings. The average molecular weight is 296 g/mol. The van der Waals surface area contributed by atoms with Gasteiger partial charge in [0.25, 0.3) is 0 Å². The van der Waals surface area contributed by atoms with Gasteiger partial charge in [-0.05, 0) is 58.9 Å². The van der Waals surface area contributed by atoms with E-state index in [9.17, 15) is 0 Å². The molecule has 3 atom stereocenters. The van der Waals surface area contributed by atoms with Crippen LogP contribution < -0.4 is 5.32 Å². The highest BCUT2D eigenvalue weighted by Crippen LogP contribution is 2.45. The van der Waals surface area contributed by atoms with Gasteiger partial charge in [0.15, 0.2) is 0 Å². The molecule has 0 aromatic heterocycles. The molecular formula is C17H32N2O2. The Bertz CT molecular complexity index is 344. The van der Waals surface area contributed by atoms with Crippen molar-refractivity contribution in [1.82, 2.24) is 10.2 Å². The van der Waals surface area contributed by atoms with Crippen molar-refractivity contribution >= 4 is 0 Å². The Morgan fingerprint density at radius 1 is 1.24 bits per heavy atom. The molecule has 0 bridgehead atoms. The lowest BCUT2D eigenvalue weighted by Gasteiger charge is -2.50. The number of rotatable bonds is 4. The molecule has 3 unspecified atom stereocenters. The molecule has 1 N–H and O–H groups in total. The predicted octanol–water partition coefficient (Wildman–Crippen LogP) is 2.03. The summed E-state index contributed by atoms with van der Waals surface area (Å²) >= 11 is 0. The lowest BCUT2D eigenvalue weighted by atomic mass is 9.69. The third-order valence-electron chi connectivity index (χ3n) is 5.89. The van der Waals surface area contributed by atoms with Crippen LogP contribution in [-0.2, 0) is 9.47 Å². The van der Waals surface area contributed by atoms with Crippen LogP contribution in [0, 0.1) is 5.92 Å². The Balaban J connectivity index is 1.63. The van der Waals surface area contributed by atoms with Gasteiger partial charge in [-0.2, -0.15) is 0 Å². The zero-order valence-corrected chi connectivity index (χ0v) is 13.9. The van der Waals surface area contributed by atoms with Crippen molar-refractivity contribution < 1.29 is 9.47 Å². The van der Waals surface area contributed by atoms with Crippen LogP contribution in [0.15, 0.2) is 0 Å². The SMILES string of the molecule is CNC(C1CCOC2(CCC2)C1)C1CN(C(C)C)CCO1. The number of nitrogens with zero attached hydrogens (tertiary/aromatic N) is 1. The highest BCUT2D eigenvalue weighted by molar-refractivity contribution is 4.98. The highest BCUT2D eigenvalue weighted by Gasteiger charge is 2.45. The topological polar surface area (TPSA) is 33.7 Å². The van der Waals surface area contributed by atoms with Crippen LogP contribution in [0.25, 0.3) is 0 Å². The van der Waals surface area contributed by atoms with Crippen molar-refractivity contribution in [3.05, 3.63) is 0 Å². The molecule has 4 nitrogen and oxygen atoms in total. The van der Waals surface area contributed by atoms with Gasteiger partial charge in [-0.1, -0.05) is 0 Å². The van der Waals surface area contributed by atoms with Crippen LogP contribution in [0.1, 0.15) is 46.0 Å². The van der Waals surface area contributed by atoms with Gasteiger partial charge in [0, 0.05) is 31.8 Å². The summed E-state index contributed by atoms with van der Waals surface area (Å²) in [6.07, 6.45) is 6.60. The fourth-order valence-corrected chi connectivity index (χ4v) is 4.40. The van der Waals surface area contributed by atoms with Crippen LogP contribution in [0.4, 0.5) is 0 Å². The number of ether oxygens (including phenoxy) is 2. The minimum Gasteiger partial charge on any atom is -0.375 e. The first-order chi connectivity index (χ1) is 10.1. The predicted molar refractivity (Wildman–Crippen MR) is 84.6 cm³/mol. The van der Waals surface area contributed by atoms with Gasteiger partial charge in [0.2, 0.25) is 0 Å². The molecule has 2 heterocycles. The molecule has 4 heteroatoms. The van der Waals surface area contributed by atoms with Crippen molar-refractivity contribution in [2.24, 2.45) is 5.92 Å². The molecule has 0 aromatic carbocycles. The number of morpholine rings is 1. The van der Waals surface area contributed by atoms with E-state index >= 15 is 0 Å². The minimum absolute atomic E-state index is 0.227. The Hall–Kier alpha value is -0.160. The maximum absolute atomic E-state index is 6.14. The fraction of sp³-hybridized carbons (Fsp3) is 1.00. The lowest BCUT2D eigenvalue weighted by molar-refractivity contribution is -0.156. The van der Waals surface area contributed by atoms with Crippen molar-refractivity contribution in [2.75, 3.05) is 33.4 Å². The third kappa shape index (κ3) is 3.29. The maximum Gasteiger partial charge on any atom is 0.0858 e. The molecule has 1 aliphatic carbocycles. The zero-order valence-electron chi connectivity index (χ0n) is 13.9. The molecule has 0 aromatic rings. The van der Waals surface area contributed by atoms with E-state index in [1.165, 1.54) is 32.1 Å². The van der Waals surface area contributed by atoms with Gasteiger partial charge in [0.05, 0.1) is 18.3 Å². The van der Waals surface area contributed by atoms with Gasteiger partial charge < -0.3 is 14.8 Å². The summed E-state index contributed by atoms with van der Waals surface area (Å²) < 4.78 is 12.2. The number of likely N-dealkylation sites (N-methyl/N-ethyl adjacent to an activating group) is 1. The van der Waals surface area contributed by atoms with Crippen molar-refractivity contribution in [1.29, 1.82) is 0 Å². The van der Waals surface area contributed by atoms with Crippen molar-refractivity contribution in [3.63, 3.8) is 0 Å². The van der Waals surface area contributed by atoms with E-state index in [0.29, 0.717) is 24.1 Å². The lowest BCUT2D eigenvalue weighted by Crippen LogP contribution is -2.58. The summed E-state index contributed by atoms with van der Waals surface area (Å²) in [4.78, 5) is 2.55. The minimum atomic E-state index is 0.227. The molecule has 122 valence electrons. The zero-order chi connectivity index (χ0) is 14.9. The van der Waals surface area contributed by atoms with E-state index in [4.69, 9.17) is 9.47 Å². The molecule has 3 rings (SSSR count). The fourth-order valence-electron chi connectivity index (χ4n) is 4.40. The number of hydrogen-bond donors (Lipinski definition) is 1. The van der Waals surface area contributed by atoms with Crippen molar-refractivity contribution in [3.8, 4) is 0 Å². The van der Waals surface area contributed by atoms with E-state index in [1.807, 2.05) is 0 Å². The molecule has 0 radical (unpaired) electrons. The highest BCUT2D eigenvalue weighted by atomic mass is 16.5. The Morgan fingerprint density at radius 2 is 2.05 bits per heavy atom. The molecule has 3 fully saturated rings. The smallest absolute Gasteiger partial charge is 0.0858 e. The van der Waals surface area contributed by atoms with E-state index in [0.717, 1.165) is 26.3 Å². The first kappa shape index (κ1) is 15.7. The standard InChI is InChI=1S/C17H32N2O2/c1-13(2)19-8-10-20-15(12-19)16(18-3)14-5-9-21-17(11-14)6-4-7-17/h13-16,18H,4-12H2,1-3H3. The van der Waals surface area contributed by atoms with Crippen LogP contribution in [0.3, 0.4) is 0 Å². The van der Waals surface area contributed by atoms with Crippen LogP contribution in [0.2, 0.25) is 0 Å². The Morgan fingerprint density at radius 3 is 2.67 bits per heavy atom. The molecule has 1 saturated carbocycles. The van der Waals surface area contributed by atoms with Gasteiger partial charge >= 0.3 is 0 Å². The number of nitrogens with one attached hydrogen (secondary N) is 1. The normalized spacial score (nSPS) is 34.9. The largest absolute Gasteiger partial charge is 0.375 e. The Kier molecular flexibility index (Phi) is 4.89. The summed E-state index contributed by atoms with van der Waals surface area (Å²) in [6.45, 7) is 8.51. The van der Waals surface area contributed by atoms with Crippen LogP contribution in [-0.4, -0.2) is 62.0 Å². The van der Waals surface area contributed by atoms with E-state index in [-0.39, 0.29) is 5.60 Å². The molecule has 2 saturated heterocycles. The second-order valence-electron chi connectivity index (χ2n) is 7.45. The second-order valence-corrected chi connectivity index (χ2v) is 7.45. The molecule has 1 spiro atoms. The Labute approximate surface area is 129 Å². The first-order valence-electron chi connectivity index (χ1n) is 8.80. The maximum atomic E-state index is 6.14. The van der Waals surface area contributed by atoms with Gasteiger partial charge in [-0.15, -0.1) is 0 Å². The van der Waals surface area contributed by atoms with Crippen LogP contribution >= 0.6 is 0 Å². The van der Waals surface area contributed by atoms with E-state index in [2.05, 4.69) is 31.1 Å². The second kappa shape index (κ2) is 6.53. The monoisotopic (exact) mass is 296 g/mol. The molecular weight excluding hydrogens is 264 g/mol. The van der Waals surface area contributed by atoms with Gasteiger partial charge in [0.1, 0.15) is 0 Å². The van der Waals surface area contributed by atoms with E-state index < -0.39 is 0 Å². The third-order valence-corrected chi connectivity index (χ3v) is 5.89. The first-order valence-corrected chi connectivity index (χ1v) is 8.80. The molecule has 2 aliphatic heterocycles. The summed E-state index contributed by atoms with van der Waals surface area (Å²) in [5, 5.41) is 3.58. The summed E-state index contributed by atoms with van der Waals surface area (Å²) in [5.41, 5.74) is 0.227. The summed E-state index contributed by atoms with van der Waals surface area (Å²) in [7, 11) is 2.10. The summed E-state index contributed by atoms with van der Waals surface area (Å²) in [6, 6.07) is 1.08. The van der Waals surface area contributed by atoms with Crippen LogP contribution in [0.5, 0.6) is 0 Å². The summed E-state index contributed by atoms with van der Waals surface area (Å²) in [5.74, 6) is 0.696. The number of hydrogen-bond acceptors (Lipinski definition) is 4. The van der Waals surface area contributed by atoms with Gasteiger partial charge in [-0.3, -0.25) is 4.90 Å². The van der Waals surface area contributed by atoms with E-state index in [1.54, 1.807) is 0 Å². The quantitative estimate of drug-likeness (QED) is 0.861. The average Bonchev–Trinajstić information content (AvgIpc) is 2.47. The van der Waals surface area contributed by atoms with Gasteiger partial charge in [-0.25, -0.2) is 0 Å². The molecule has 21 heavy (non-hydrogen) atoms. The van der Waals surface area contributed by atoms with Crippen molar-refractivity contribution in [2.45, 2.75) is 69.7 Å². The molecule has 0 amide bonds.